The topological polar surface area (TPSA) is 71.3 Å². The highest BCUT2D eigenvalue weighted by atomic mass is 79.9. The summed E-state index contributed by atoms with van der Waals surface area (Å²) in [6, 6.07) is 10.5. The number of carbonyl (C=O) groups excluding carboxylic acids is 1. The Morgan fingerprint density at radius 3 is 2.58 bits per heavy atom. The summed E-state index contributed by atoms with van der Waals surface area (Å²) in [6.45, 7) is 2.28. The van der Waals surface area contributed by atoms with Gasteiger partial charge in [0.1, 0.15) is 17.5 Å². The Morgan fingerprint density at radius 1 is 1.31 bits per heavy atom. The summed E-state index contributed by atoms with van der Waals surface area (Å²) in [5.74, 6) is 0.0234. The van der Waals surface area contributed by atoms with Crippen LogP contribution in [0.25, 0.3) is 6.08 Å². The van der Waals surface area contributed by atoms with Crippen molar-refractivity contribution in [2.75, 3.05) is 19.0 Å². The Labute approximate surface area is 159 Å². The van der Waals surface area contributed by atoms with Gasteiger partial charge in [-0.3, -0.25) is 4.79 Å². The second-order valence-electron chi connectivity index (χ2n) is 5.09. The fourth-order valence-corrected chi connectivity index (χ4v) is 2.56. The molecule has 0 saturated carbocycles. The maximum absolute atomic E-state index is 12.9. The van der Waals surface area contributed by atoms with Gasteiger partial charge in [-0.15, -0.1) is 0 Å². The molecule has 0 bridgehead atoms. The third kappa shape index (κ3) is 4.83. The zero-order valence-corrected chi connectivity index (χ0v) is 15.8. The first-order chi connectivity index (χ1) is 12.5. The van der Waals surface area contributed by atoms with Crippen LogP contribution in [0.2, 0.25) is 0 Å². The fourth-order valence-electron chi connectivity index (χ4n) is 2.13. The number of ether oxygens (including phenoxy) is 2. The molecule has 2 aromatic carbocycles. The SMILES string of the molecule is CCOc1cc(/C=C(/C#N)C(=O)Nc2ccc(F)cc2)c(Br)cc1OC. The molecule has 0 aliphatic heterocycles. The van der Waals surface area contributed by atoms with Crippen LogP contribution >= 0.6 is 15.9 Å². The second-order valence-corrected chi connectivity index (χ2v) is 5.94. The van der Waals surface area contributed by atoms with Crippen LogP contribution in [0.15, 0.2) is 46.4 Å². The van der Waals surface area contributed by atoms with E-state index in [9.17, 15) is 14.4 Å². The Balaban J connectivity index is 2.32. The number of hydrogen-bond donors (Lipinski definition) is 1. The van der Waals surface area contributed by atoms with Crippen molar-refractivity contribution in [3.8, 4) is 17.6 Å². The van der Waals surface area contributed by atoms with Crippen LogP contribution in [-0.4, -0.2) is 19.6 Å². The van der Waals surface area contributed by atoms with Crippen molar-refractivity contribution in [3.05, 3.63) is 57.8 Å². The molecule has 26 heavy (non-hydrogen) atoms. The minimum atomic E-state index is -0.597. The predicted molar refractivity (Wildman–Crippen MR) is 100 cm³/mol. The molecular weight excluding hydrogens is 403 g/mol. The number of benzene rings is 2. The maximum atomic E-state index is 12.9. The highest BCUT2D eigenvalue weighted by Crippen LogP contribution is 2.34. The lowest BCUT2D eigenvalue weighted by molar-refractivity contribution is -0.112. The van der Waals surface area contributed by atoms with Gasteiger partial charge >= 0.3 is 0 Å². The summed E-state index contributed by atoms with van der Waals surface area (Å²) in [6.07, 6.45) is 1.44. The summed E-state index contributed by atoms with van der Waals surface area (Å²) in [5.41, 5.74) is 0.865. The maximum Gasteiger partial charge on any atom is 0.266 e. The summed E-state index contributed by atoms with van der Waals surface area (Å²) in [7, 11) is 1.52. The third-order valence-electron chi connectivity index (χ3n) is 3.35. The van der Waals surface area contributed by atoms with Gasteiger partial charge in [-0.1, -0.05) is 15.9 Å². The number of amides is 1. The van der Waals surface area contributed by atoms with Crippen molar-refractivity contribution in [1.82, 2.24) is 0 Å². The van der Waals surface area contributed by atoms with Crippen LogP contribution in [0.4, 0.5) is 10.1 Å². The number of carbonyl (C=O) groups is 1. The number of hydrogen-bond acceptors (Lipinski definition) is 4. The van der Waals surface area contributed by atoms with Gasteiger partial charge in [0.15, 0.2) is 11.5 Å². The molecule has 5 nitrogen and oxygen atoms in total. The normalized spacial score (nSPS) is 10.8. The van der Waals surface area contributed by atoms with E-state index in [1.165, 1.54) is 37.5 Å². The lowest BCUT2D eigenvalue weighted by atomic mass is 10.1. The predicted octanol–water partition coefficient (Wildman–Crippen LogP) is 4.54. The molecule has 0 aliphatic rings. The van der Waals surface area contributed by atoms with Gasteiger partial charge in [0.05, 0.1) is 13.7 Å². The molecular formula is C19H16BrFN2O3. The average molecular weight is 419 g/mol. The second kappa shape index (κ2) is 9.02. The van der Waals surface area contributed by atoms with E-state index in [4.69, 9.17) is 9.47 Å². The van der Waals surface area contributed by atoms with E-state index in [1.54, 1.807) is 12.1 Å². The lowest BCUT2D eigenvalue weighted by Crippen LogP contribution is -2.13. The van der Waals surface area contributed by atoms with Crippen molar-refractivity contribution in [2.45, 2.75) is 6.92 Å². The average Bonchev–Trinajstić information content (AvgIpc) is 2.63. The number of nitriles is 1. The molecule has 0 atom stereocenters. The minimum Gasteiger partial charge on any atom is -0.493 e. The van der Waals surface area contributed by atoms with E-state index >= 15 is 0 Å². The summed E-state index contributed by atoms with van der Waals surface area (Å²) in [4.78, 5) is 12.3. The number of nitrogens with one attached hydrogen (secondary N) is 1. The summed E-state index contributed by atoms with van der Waals surface area (Å²) < 4.78 is 24.3. The van der Waals surface area contributed by atoms with Gasteiger partial charge in [-0.25, -0.2) is 4.39 Å². The van der Waals surface area contributed by atoms with Crippen LogP contribution in [0, 0.1) is 17.1 Å². The number of nitrogens with zero attached hydrogens (tertiary/aromatic N) is 1. The summed E-state index contributed by atoms with van der Waals surface area (Å²) in [5, 5.41) is 11.9. The standard InChI is InChI=1S/C19H16BrFN2O3/c1-3-26-18-9-12(16(20)10-17(18)25-2)8-13(11-22)19(24)23-15-6-4-14(21)5-7-15/h4-10H,3H2,1-2H3,(H,23,24)/b13-8-. The van der Waals surface area contributed by atoms with E-state index in [0.717, 1.165) is 0 Å². The van der Waals surface area contributed by atoms with Gasteiger partial charge in [0.2, 0.25) is 0 Å². The molecule has 0 spiro atoms. The van der Waals surface area contributed by atoms with Gasteiger partial charge in [-0.05, 0) is 55.0 Å². The lowest BCUT2D eigenvalue weighted by Gasteiger charge is -2.12. The number of rotatable bonds is 6. The van der Waals surface area contributed by atoms with Crippen LogP contribution in [0.1, 0.15) is 12.5 Å². The Morgan fingerprint density at radius 2 is 2.00 bits per heavy atom. The molecule has 134 valence electrons. The molecule has 1 N–H and O–H groups in total. The molecule has 2 rings (SSSR count). The third-order valence-corrected chi connectivity index (χ3v) is 4.04. The summed E-state index contributed by atoms with van der Waals surface area (Å²) >= 11 is 3.39. The smallest absolute Gasteiger partial charge is 0.266 e. The highest BCUT2D eigenvalue weighted by molar-refractivity contribution is 9.10. The number of halogens is 2. The number of anilines is 1. The van der Waals surface area contributed by atoms with Crippen molar-refractivity contribution in [1.29, 1.82) is 5.26 Å². The van der Waals surface area contributed by atoms with Crippen molar-refractivity contribution in [2.24, 2.45) is 0 Å². The molecule has 0 fully saturated rings. The van der Waals surface area contributed by atoms with Gasteiger partial charge in [0.25, 0.3) is 5.91 Å². The molecule has 2 aromatic rings. The Hall–Kier alpha value is -2.85. The first-order valence-corrected chi connectivity index (χ1v) is 8.46. The zero-order valence-electron chi connectivity index (χ0n) is 14.2. The number of methoxy groups -OCH3 is 1. The van der Waals surface area contributed by atoms with E-state index in [1.807, 2.05) is 13.0 Å². The molecule has 0 aliphatic carbocycles. The van der Waals surface area contributed by atoms with E-state index in [-0.39, 0.29) is 5.57 Å². The first kappa shape index (κ1) is 19.5. The largest absolute Gasteiger partial charge is 0.493 e. The van der Waals surface area contributed by atoms with Crippen LogP contribution in [-0.2, 0) is 4.79 Å². The van der Waals surface area contributed by atoms with Crippen molar-refractivity contribution in [3.63, 3.8) is 0 Å². The van der Waals surface area contributed by atoms with E-state index in [0.29, 0.717) is 33.8 Å². The highest BCUT2D eigenvalue weighted by Gasteiger charge is 2.13. The molecule has 7 heteroatoms. The first-order valence-electron chi connectivity index (χ1n) is 7.67. The molecule has 1 amide bonds. The quantitative estimate of drug-likeness (QED) is 0.551. The Bertz CT molecular complexity index is 874. The van der Waals surface area contributed by atoms with E-state index < -0.39 is 11.7 Å². The zero-order chi connectivity index (χ0) is 19.1. The van der Waals surface area contributed by atoms with Crippen molar-refractivity contribution >= 4 is 33.6 Å². The van der Waals surface area contributed by atoms with Gasteiger partial charge in [0, 0.05) is 10.2 Å². The van der Waals surface area contributed by atoms with Crippen LogP contribution in [0.5, 0.6) is 11.5 Å². The van der Waals surface area contributed by atoms with Crippen LogP contribution in [0.3, 0.4) is 0 Å². The van der Waals surface area contributed by atoms with Crippen LogP contribution < -0.4 is 14.8 Å². The van der Waals surface area contributed by atoms with Crippen molar-refractivity contribution < 1.29 is 18.7 Å². The molecule has 0 radical (unpaired) electrons. The minimum absolute atomic E-state index is 0.109. The van der Waals surface area contributed by atoms with Gasteiger partial charge in [-0.2, -0.15) is 5.26 Å². The molecule has 0 aromatic heterocycles. The molecule has 0 heterocycles. The monoisotopic (exact) mass is 418 g/mol. The molecule has 0 unspecified atom stereocenters. The fraction of sp³-hybridized carbons (Fsp3) is 0.158. The molecule has 0 saturated heterocycles. The van der Waals surface area contributed by atoms with E-state index in [2.05, 4.69) is 21.2 Å². The Kier molecular flexibility index (Phi) is 6.75. The van der Waals surface area contributed by atoms with Gasteiger partial charge < -0.3 is 14.8 Å².